The normalized spacial score (nSPS) is 12.0. The van der Waals surface area contributed by atoms with Crippen LogP contribution < -0.4 is 10.9 Å². The van der Waals surface area contributed by atoms with E-state index in [4.69, 9.17) is 4.42 Å². The predicted octanol–water partition coefficient (Wildman–Crippen LogP) is 2.99. The molecule has 1 amide bonds. The van der Waals surface area contributed by atoms with E-state index in [0.717, 1.165) is 5.56 Å². The van der Waals surface area contributed by atoms with Crippen molar-refractivity contribution in [3.05, 3.63) is 76.1 Å². The summed E-state index contributed by atoms with van der Waals surface area (Å²) in [4.78, 5) is 24.3. The van der Waals surface area contributed by atoms with E-state index in [-0.39, 0.29) is 22.9 Å². The molecule has 0 bridgehead atoms. The zero-order valence-electron chi connectivity index (χ0n) is 12.4. The Bertz CT molecular complexity index is 915. The molecular formula is C18H15NO4. The van der Waals surface area contributed by atoms with Gasteiger partial charge >= 0.3 is 5.63 Å². The molecule has 2 aromatic carbocycles. The highest BCUT2D eigenvalue weighted by molar-refractivity contribution is 5.96. The van der Waals surface area contributed by atoms with Gasteiger partial charge in [-0.3, -0.25) is 4.79 Å². The Morgan fingerprint density at radius 1 is 1.13 bits per heavy atom. The number of benzene rings is 2. The van der Waals surface area contributed by atoms with Crippen LogP contribution in [0.5, 0.6) is 5.75 Å². The minimum Gasteiger partial charge on any atom is -0.508 e. The topological polar surface area (TPSA) is 79.5 Å². The van der Waals surface area contributed by atoms with Gasteiger partial charge in [0.2, 0.25) is 0 Å². The van der Waals surface area contributed by atoms with Gasteiger partial charge in [0.05, 0.1) is 6.04 Å². The van der Waals surface area contributed by atoms with Gasteiger partial charge in [-0.15, -0.1) is 0 Å². The van der Waals surface area contributed by atoms with Crippen molar-refractivity contribution in [3.63, 3.8) is 0 Å². The molecule has 1 atom stereocenters. The van der Waals surface area contributed by atoms with Crippen molar-refractivity contribution in [2.75, 3.05) is 0 Å². The van der Waals surface area contributed by atoms with E-state index in [1.807, 2.05) is 37.3 Å². The van der Waals surface area contributed by atoms with Crippen LogP contribution in [-0.2, 0) is 0 Å². The molecule has 0 saturated heterocycles. The zero-order valence-corrected chi connectivity index (χ0v) is 12.4. The van der Waals surface area contributed by atoms with Crippen molar-refractivity contribution in [1.82, 2.24) is 5.32 Å². The minimum atomic E-state index is -0.735. The van der Waals surface area contributed by atoms with E-state index in [2.05, 4.69) is 5.32 Å². The highest BCUT2D eigenvalue weighted by atomic mass is 16.4. The molecule has 23 heavy (non-hydrogen) atoms. The Balaban J connectivity index is 1.90. The number of amides is 1. The number of carbonyl (C=O) groups excluding carboxylic acids is 1. The van der Waals surface area contributed by atoms with Crippen LogP contribution in [0.4, 0.5) is 0 Å². The number of fused-ring (bicyclic) bond motifs is 1. The van der Waals surface area contributed by atoms with E-state index < -0.39 is 11.5 Å². The van der Waals surface area contributed by atoms with Gasteiger partial charge in [0, 0.05) is 11.5 Å². The van der Waals surface area contributed by atoms with Crippen LogP contribution in [0.25, 0.3) is 11.0 Å². The SMILES string of the molecule is C[C@H](NC(=O)c1cc2ccc(O)cc2oc1=O)c1ccccc1. The summed E-state index contributed by atoms with van der Waals surface area (Å²) in [5, 5.41) is 12.8. The molecule has 0 radical (unpaired) electrons. The fraction of sp³-hybridized carbons (Fsp3) is 0.111. The van der Waals surface area contributed by atoms with Crippen molar-refractivity contribution < 1.29 is 14.3 Å². The van der Waals surface area contributed by atoms with Gasteiger partial charge in [0.15, 0.2) is 0 Å². The molecule has 116 valence electrons. The number of phenolic OH excluding ortho intramolecular Hbond substituents is 1. The first-order valence-corrected chi connectivity index (χ1v) is 7.17. The zero-order chi connectivity index (χ0) is 16.4. The van der Waals surface area contributed by atoms with Crippen LogP contribution in [0.1, 0.15) is 28.9 Å². The van der Waals surface area contributed by atoms with Crippen molar-refractivity contribution in [2.24, 2.45) is 0 Å². The maximum absolute atomic E-state index is 12.3. The monoisotopic (exact) mass is 309 g/mol. The summed E-state index contributed by atoms with van der Waals surface area (Å²) in [5.74, 6) is -0.499. The Kier molecular flexibility index (Phi) is 3.85. The molecule has 2 N–H and O–H groups in total. The number of hydrogen-bond donors (Lipinski definition) is 2. The number of rotatable bonds is 3. The van der Waals surface area contributed by atoms with Gasteiger partial charge in [0.1, 0.15) is 16.9 Å². The lowest BCUT2D eigenvalue weighted by Gasteiger charge is -2.13. The maximum Gasteiger partial charge on any atom is 0.349 e. The van der Waals surface area contributed by atoms with Crippen molar-refractivity contribution in [3.8, 4) is 5.75 Å². The van der Waals surface area contributed by atoms with E-state index >= 15 is 0 Å². The van der Waals surface area contributed by atoms with Gasteiger partial charge < -0.3 is 14.8 Å². The highest BCUT2D eigenvalue weighted by Gasteiger charge is 2.16. The van der Waals surface area contributed by atoms with Crippen LogP contribution in [0.15, 0.2) is 63.8 Å². The average Bonchev–Trinajstić information content (AvgIpc) is 2.54. The molecule has 0 spiro atoms. The smallest absolute Gasteiger partial charge is 0.349 e. The Morgan fingerprint density at radius 3 is 2.61 bits per heavy atom. The molecule has 0 saturated carbocycles. The van der Waals surface area contributed by atoms with E-state index in [9.17, 15) is 14.7 Å². The van der Waals surface area contributed by atoms with Gasteiger partial charge in [0.25, 0.3) is 5.91 Å². The van der Waals surface area contributed by atoms with E-state index in [0.29, 0.717) is 5.39 Å². The molecule has 1 aromatic heterocycles. The van der Waals surface area contributed by atoms with Crippen LogP contribution in [0, 0.1) is 0 Å². The van der Waals surface area contributed by atoms with E-state index in [1.54, 1.807) is 6.07 Å². The maximum atomic E-state index is 12.3. The molecular weight excluding hydrogens is 294 g/mol. The summed E-state index contributed by atoms with van der Waals surface area (Å²) in [7, 11) is 0. The van der Waals surface area contributed by atoms with Crippen LogP contribution in [0.2, 0.25) is 0 Å². The summed E-state index contributed by atoms with van der Waals surface area (Å²) < 4.78 is 5.11. The van der Waals surface area contributed by atoms with Crippen LogP contribution in [-0.4, -0.2) is 11.0 Å². The van der Waals surface area contributed by atoms with Gasteiger partial charge in [-0.25, -0.2) is 4.79 Å². The standard InChI is InChI=1S/C18H15NO4/c1-11(12-5-3-2-4-6-12)19-17(21)15-9-13-7-8-14(20)10-16(13)23-18(15)22/h2-11,20H,1H3,(H,19,21)/t11-/m0/s1. The van der Waals surface area contributed by atoms with Crippen molar-refractivity contribution in [2.45, 2.75) is 13.0 Å². The molecule has 5 nitrogen and oxygen atoms in total. The molecule has 0 unspecified atom stereocenters. The number of nitrogens with one attached hydrogen (secondary N) is 1. The lowest BCUT2D eigenvalue weighted by Crippen LogP contribution is -2.30. The fourth-order valence-electron chi connectivity index (χ4n) is 2.36. The molecule has 3 rings (SSSR count). The molecule has 0 fully saturated rings. The summed E-state index contributed by atoms with van der Waals surface area (Å²) in [6.45, 7) is 1.84. The summed E-state index contributed by atoms with van der Waals surface area (Å²) in [6, 6.07) is 15.1. The summed E-state index contributed by atoms with van der Waals surface area (Å²) in [6.07, 6.45) is 0. The Hall–Kier alpha value is -3.08. The first kappa shape index (κ1) is 14.8. The first-order chi connectivity index (χ1) is 11.0. The fourth-order valence-corrected chi connectivity index (χ4v) is 2.36. The summed E-state index contributed by atoms with van der Waals surface area (Å²) >= 11 is 0. The number of aromatic hydroxyl groups is 1. The first-order valence-electron chi connectivity index (χ1n) is 7.17. The van der Waals surface area contributed by atoms with Crippen LogP contribution in [0.3, 0.4) is 0 Å². The average molecular weight is 309 g/mol. The van der Waals surface area contributed by atoms with Crippen molar-refractivity contribution in [1.29, 1.82) is 0 Å². The second-order valence-corrected chi connectivity index (χ2v) is 5.28. The van der Waals surface area contributed by atoms with Crippen molar-refractivity contribution >= 4 is 16.9 Å². The Morgan fingerprint density at radius 2 is 1.87 bits per heavy atom. The third-order valence-electron chi connectivity index (χ3n) is 3.61. The molecule has 3 aromatic rings. The molecule has 0 aliphatic carbocycles. The lowest BCUT2D eigenvalue weighted by atomic mass is 10.1. The highest BCUT2D eigenvalue weighted by Crippen LogP contribution is 2.19. The second kappa shape index (κ2) is 5.96. The number of hydrogen-bond acceptors (Lipinski definition) is 4. The number of phenols is 1. The van der Waals surface area contributed by atoms with Gasteiger partial charge in [-0.2, -0.15) is 0 Å². The van der Waals surface area contributed by atoms with Crippen LogP contribution >= 0.6 is 0 Å². The third kappa shape index (κ3) is 3.08. The second-order valence-electron chi connectivity index (χ2n) is 5.28. The minimum absolute atomic E-state index is 0.00412. The van der Waals surface area contributed by atoms with E-state index in [1.165, 1.54) is 18.2 Å². The number of carbonyl (C=O) groups is 1. The largest absolute Gasteiger partial charge is 0.508 e. The lowest BCUT2D eigenvalue weighted by molar-refractivity contribution is 0.0936. The Labute approximate surface area is 132 Å². The molecule has 0 aliphatic heterocycles. The molecule has 1 heterocycles. The quantitative estimate of drug-likeness (QED) is 0.729. The molecule has 0 aliphatic rings. The van der Waals surface area contributed by atoms with Gasteiger partial charge in [-0.05, 0) is 30.7 Å². The predicted molar refractivity (Wildman–Crippen MR) is 86.5 cm³/mol. The van der Waals surface area contributed by atoms with Gasteiger partial charge in [-0.1, -0.05) is 30.3 Å². The summed E-state index contributed by atoms with van der Waals surface area (Å²) in [5.41, 5.74) is 0.380. The third-order valence-corrected chi connectivity index (χ3v) is 3.61. The molecule has 5 heteroatoms.